The molecule has 2 N–H and O–H groups in total. The van der Waals surface area contributed by atoms with Gasteiger partial charge in [-0.05, 0) is 23.8 Å². The third-order valence-electron chi connectivity index (χ3n) is 4.27. The third kappa shape index (κ3) is 4.38. The number of H-pyrrole nitrogens is 1. The van der Waals surface area contributed by atoms with E-state index in [1.807, 2.05) is 0 Å². The van der Waals surface area contributed by atoms with Crippen molar-refractivity contribution in [3.8, 4) is 0 Å². The highest BCUT2D eigenvalue weighted by atomic mass is 35.5. The second-order valence-electron chi connectivity index (χ2n) is 6.44. The zero-order valence-corrected chi connectivity index (χ0v) is 16.0. The molecule has 3 rings (SSSR count). The summed E-state index contributed by atoms with van der Waals surface area (Å²) in [5.74, 6) is -4.27. The molecule has 0 aliphatic heterocycles. The fourth-order valence-electron chi connectivity index (χ4n) is 2.80. The van der Waals surface area contributed by atoms with Crippen LogP contribution in [0.4, 0.5) is 27.6 Å². The number of alkyl halides is 3. The van der Waals surface area contributed by atoms with Gasteiger partial charge < -0.3 is 15.2 Å². The van der Waals surface area contributed by atoms with E-state index in [1.165, 1.54) is 13.2 Å². The lowest BCUT2D eigenvalue weighted by atomic mass is 10.1. The lowest BCUT2D eigenvalue weighted by Gasteiger charge is -2.17. The fraction of sp³-hybridized carbons (Fsp3) is 0.158. The van der Waals surface area contributed by atoms with Crippen LogP contribution in [0, 0.1) is 11.6 Å². The average molecular weight is 446 g/mol. The first-order chi connectivity index (χ1) is 14.0. The molecule has 2 aromatic carbocycles. The van der Waals surface area contributed by atoms with Crippen LogP contribution in [0.15, 0.2) is 36.5 Å². The summed E-state index contributed by atoms with van der Waals surface area (Å²) in [5.41, 5.74) is -0.457. The van der Waals surface area contributed by atoms with Crippen LogP contribution >= 0.6 is 11.6 Å². The van der Waals surface area contributed by atoms with Crippen molar-refractivity contribution < 1.29 is 31.5 Å². The van der Waals surface area contributed by atoms with Crippen LogP contribution in [0.1, 0.15) is 11.1 Å². The van der Waals surface area contributed by atoms with Gasteiger partial charge in [-0.3, -0.25) is 9.59 Å². The number of rotatable bonds is 3. The Morgan fingerprint density at radius 1 is 1.13 bits per heavy atom. The van der Waals surface area contributed by atoms with Crippen LogP contribution in [-0.2, 0) is 22.3 Å². The minimum Gasteiger partial charge on any atom is -0.359 e. The molecule has 0 aliphatic carbocycles. The summed E-state index contributed by atoms with van der Waals surface area (Å²) in [6.45, 7) is -0.183. The highest BCUT2D eigenvalue weighted by Crippen LogP contribution is 2.35. The topological polar surface area (TPSA) is 65.2 Å². The van der Waals surface area contributed by atoms with Gasteiger partial charge in [0.25, 0.3) is 0 Å². The third-order valence-corrected chi connectivity index (χ3v) is 4.58. The first kappa shape index (κ1) is 21.6. The molecule has 5 nitrogen and oxygen atoms in total. The second kappa shape index (κ2) is 7.94. The number of aromatic nitrogens is 1. The lowest BCUT2D eigenvalue weighted by molar-refractivity contribution is -0.142. The highest BCUT2D eigenvalue weighted by molar-refractivity contribution is 6.40. The summed E-state index contributed by atoms with van der Waals surface area (Å²) in [7, 11) is 1.28. The number of halogens is 6. The number of amides is 2. The van der Waals surface area contributed by atoms with Crippen molar-refractivity contribution in [2.24, 2.45) is 0 Å². The Hall–Kier alpha value is -3.14. The van der Waals surface area contributed by atoms with Crippen molar-refractivity contribution in [3.63, 3.8) is 0 Å². The average Bonchev–Trinajstić information content (AvgIpc) is 3.01. The molecular formula is C19H13ClF5N3O2. The van der Waals surface area contributed by atoms with E-state index in [1.54, 1.807) is 0 Å². The Bertz CT molecular complexity index is 1140. The Morgan fingerprint density at radius 2 is 1.80 bits per heavy atom. The van der Waals surface area contributed by atoms with Gasteiger partial charge in [-0.25, -0.2) is 8.78 Å². The van der Waals surface area contributed by atoms with Crippen molar-refractivity contribution in [1.29, 1.82) is 0 Å². The smallest absolute Gasteiger partial charge is 0.359 e. The molecule has 2 amide bonds. The number of nitrogens with zero attached hydrogens (tertiary/aromatic N) is 1. The monoisotopic (exact) mass is 445 g/mol. The first-order valence-corrected chi connectivity index (χ1v) is 8.73. The molecule has 3 aromatic rings. The van der Waals surface area contributed by atoms with Gasteiger partial charge in [-0.2, -0.15) is 13.2 Å². The zero-order chi connectivity index (χ0) is 22.2. The Balaban J connectivity index is 1.71. The molecule has 0 unspecified atom stereocenters. The number of carbonyl (C=O) groups excluding carboxylic acids is 2. The number of likely N-dealkylation sites (N-methyl/N-ethyl adjacent to an activating group) is 1. The molecule has 1 heterocycles. The maximum Gasteiger partial charge on any atom is 0.417 e. The van der Waals surface area contributed by atoms with E-state index in [0.717, 1.165) is 35.2 Å². The van der Waals surface area contributed by atoms with Gasteiger partial charge in [-0.1, -0.05) is 17.7 Å². The van der Waals surface area contributed by atoms with Gasteiger partial charge in [0.15, 0.2) is 11.6 Å². The van der Waals surface area contributed by atoms with E-state index in [9.17, 15) is 31.5 Å². The molecule has 0 atom stereocenters. The summed E-state index contributed by atoms with van der Waals surface area (Å²) >= 11 is 5.65. The summed E-state index contributed by atoms with van der Waals surface area (Å²) in [5, 5.41) is 1.92. The minimum atomic E-state index is -4.61. The van der Waals surface area contributed by atoms with E-state index in [2.05, 4.69) is 10.3 Å². The quantitative estimate of drug-likeness (QED) is 0.453. The van der Waals surface area contributed by atoms with E-state index in [4.69, 9.17) is 11.6 Å². The van der Waals surface area contributed by atoms with E-state index in [-0.39, 0.29) is 28.7 Å². The Kier molecular flexibility index (Phi) is 5.71. The maximum atomic E-state index is 13.4. The predicted octanol–water partition coefficient (Wildman–Crippen LogP) is 4.72. The number of benzene rings is 2. The predicted molar refractivity (Wildman–Crippen MR) is 99.8 cm³/mol. The lowest BCUT2D eigenvalue weighted by Crippen LogP contribution is -2.36. The van der Waals surface area contributed by atoms with Crippen molar-refractivity contribution in [2.45, 2.75) is 12.7 Å². The minimum absolute atomic E-state index is 0.0632. The van der Waals surface area contributed by atoms with E-state index < -0.39 is 40.2 Å². The normalized spacial score (nSPS) is 11.6. The molecule has 158 valence electrons. The molecule has 30 heavy (non-hydrogen) atoms. The van der Waals surface area contributed by atoms with Crippen LogP contribution in [0.25, 0.3) is 10.9 Å². The molecule has 0 saturated carbocycles. The highest BCUT2D eigenvalue weighted by Gasteiger charge is 2.33. The SMILES string of the molecule is CN(Cc1ccc(C(F)(F)F)c(Cl)c1)C(=O)C(=O)Nc1c[nH]c2cc(F)c(F)cc12. The number of aromatic amines is 1. The molecule has 1 aromatic heterocycles. The second-order valence-corrected chi connectivity index (χ2v) is 6.85. The number of carbonyl (C=O) groups is 2. The van der Waals surface area contributed by atoms with E-state index in [0.29, 0.717) is 0 Å². The van der Waals surface area contributed by atoms with Crippen molar-refractivity contribution >= 4 is 40.0 Å². The summed E-state index contributed by atoms with van der Waals surface area (Å²) < 4.78 is 65.0. The van der Waals surface area contributed by atoms with Crippen molar-refractivity contribution in [1.82, 2.24) is 9.88 Å². The Labute approximate surface area is 171 Å². The molecule has 0 aliphatic rings. The Morgan fingerprint density at radius 3 is 2.43 bits per heavy atom. The molecule has 0 spiro atoms. The summed E-state index contributed by atoms with van der Waals surface area (Å²) in [6.07, 6.45) is -3.34. The summed E-state index contributed by atoms with van der Waals surface area (Å²) in [6, 6.07) is 4.77. The molecule has 0 saturated heterocycles. The van der Waals surface area contributed by atoms with E-state index >= 15 is 0 Å². The van der Waals surface area contributed by atoms with Gasteiger partial charge >= 0.3 is 18.0 Å². The van der Waals surface area contributed by atoms with Crippen LogP contribution in [0.5, 0.6) is 0 Å². The largest absolute Gasteiger partial charge is 0.417 e. The van der Waals surface area contributed by atoms with Crippen molar-refractivity contribution in [3.05, 3.63) is 64.3 Å². The standard InChI is InChI=1S/C19H13ClF5N3O2/c1-28(8-9-2-3-11(12(20)4-9)19(23,24)25)18(30)17(29)27-16-7-26-15-6-14(22)13(21)5-10(15)16/h2-7,26H,8H2,1H3,(H,27,29). The number of hydrogen-bond acceptors (Lipinski definition) is 2. The number of hydrogen-bond donors (Lipinski definition) is 2. The van der Waals surface area contributed by atoms with Gasteiger partial charge in [0.1, 0.15) is 0 Å². The number of fused-ring (bicyclic) bond motifs is 1. The first-order valence-electron chi connectivity index (χ1n) is 8.35. The number of anilines is 1. The zero-order valence-electron chi connectivity index (χ0n) is 15.2. The maximum absolute atomic E-state index is 13.4. The van der Waals surface area contributed by atoms with Crippen LogP contribution < -0.4 is 5.32 Å². The summed E-state index contributed by atoms with van der Waals surface area (Å²) in [4.78, 5) is 28.1. The number of nitrogens with one attached hydrogen (secondary N) is 2. The fourth-order valence-corrected chi connectivity index (χ4v) is 3.11. The molecule has 0 fully saturated rings. The van der Waals surface area contributed by atoms with Gasteiger partial charge in [-0.15, -0.1) is 0 Å². The van der Waals surface area contributed by atoms with Gasteiger partial charge in [0.2, 0.25) is 0 Å². The molecule has 0 radical (unpaired) electrons. The van der Waals surface area contributed by atoms with Gasteiger partial charge in [0, 0.05) is 31.2 Å². The van der Waals surface area contributed by atoms with Crippen LogP contribution in [0.2, 0.25) is 5.02 Å². The molecule has 11 heteroatoms. The van der Waals surface area contributed by atoms with Crippen molar-refractivity contribution in [2.75, 3.05) is 12.4 Å². The molecule has 0 bridgehead atoms. The van der Waals surface area contributed by atoms with Gasteiger partial charge in [0.05, 0.1) is 21.8 Å². The molecular weight excluding hydrogens is 433 g/mol. The van der Waals surface area contributed by atoms with Crippen LogP contribution in [-0.4, -0.2) is 28.7 Å². The van der Waals surface area contributed by atoms with Crippen LogP contribution in [0.3, 0.4) is 0 Å².